The molecule has 0 aliphatic carbocycles. The Morgan fingerprint density at radius 3 is 1.62 bits per heavy atom. The van der Waals surface area contributed by atoms with Gasteiger partial charge in [0.15, 0.2) is 23.1 Å². The first-order valence-electron chi connectivity index (χ1n) is 14.3. The maximum atomic E-state index is 14.3. The third-order valence-electron chi connectivity index (χ3n) is 7.73. The van der Waals surface area contributed by atoms with Gasteiger partial charge in [-0.2, -0.15) is 0 Å². The highest BCUT2D eigenvalue weighted by molar-refractivity contribution is 6.32. The van der Waals surface area contributed by atoms with E-state index in [1.807, 2.05) is 0 Å². The molecule has 0 radical (unpaired) electrons. The number of benzene rings is 2. The van der Waals surface area contributed by atoms with Crippen molar-refractivity contribution in [3.8, 4) is 46.1 Å². The van der Waals surface area contributed by atoms with Crippen molar-refractivity contribution in [1.29, 1.82) is 0 Å². The molecule has 0 saturated carbocycles. The van der Waals surface area contributed by atoms with E-state index in [4.69, 9.17) is 34.4 Å². The molecular weight excluding hydrogens is 639 g/mol. The zero-order valence-corrected chi connectivity index (χ0v) is 25.4. The van der Waals surface area contributed by atoms with Crippen LogP contribution in [0.25, 0.3) is 22.3 Å². The summed E-state index contributed by atoms with van der Waals surface area (Å²) in [6.45, 7) is 2.01. The minimum Gasteiger partial charge on any atom is -0.505 e. The lowest BCUT2D eigenvalue weighted by Crippen LogP contribution is -2.22. The second-order valence-corrected chi connectivity index (χ2v) is 11.3. The lowest BCUT2D eigenvalue weighted by Gasteiger charge is -2.08. The predicted octanol–water partition coefficient (Wildman–Crippen LogP) is 6.58. The summed E-state index contributed by atoms with van der Waals surface area (Å²) in [5.41, 5.74) is -1.11. The van der Waals surface area contributed by atoms with Crippen LogP contribution < -0.4 is 15.9 Å². The van der Waals surface area contributed by atoms with Gasteiger partial charge in [0.25, 0.3) is 11.1 Å². The van der Waals surface area contributed by atoms with E-state index in [2.05, 4.69) is 5.92 Å². The van der Waals surface area contributed by atoms with Gasteiger partial charge in [-0.05, 0) is 50.7 Å². The molecule has 0 atom stereocenters. The Hall–Kier alpha value is -4.08. The maximum absolute atomic E-state index is 14.3. The van der Waals surface area contributed by atoms with Gasteiger partial charge in [-0.25, -0.2) is 26.9 Å². The quantitative estimate of drug-likeness (QED) is 0.197. The summed E-state index contributed by atoms with van der Waals surface area (Å²) in [7, 11) is 0. The topological polar surface area (TPSA) is 83.3 Å². The van der Waals surface area contributed by atoms with Gasteiger partial charge in [0.05, 0.1) is 11.1 Å². The largest absolute Gasteiger partial charge is 0.505 e. The first-order valence-corrected chi connectivity index (χ1v) is 15.0. The number of aromatic nitrogens is 4. The van der Waals surface area contributed by atoms with E-state index in [0.29, 0.717) is 38.3 Å². The lowest BCUT2D eigenvalue weighted by atomic mass is 10.1. The number of aromatic hydroxyl groups is 1. The molecule has 0 bridgehead atoms. The molecule has 2 aliphatic heterocycles. The summed E-state index contributed by atoms with van der Waals surface area (Å²) in [5, 5.41) is 9.68. The van der Waals surface area contributed by atoms with Crippen LogP contribution in [0.4, 0.5) is 17.6 Å². The summed E-state index contributed by atoms with van der Waals surface area (Å²) >= 11 is 12.6. The highest BCUT2D eigenvalue weighted by Gasteiger charge is 2.26. The molecule has 1 N–H and O–H groups in total. The van der Waals surface area contributed by atoms with Crippen LogP contribution in [0.1, 0.15) is 38.5 Å². The molecule has 8 nitrogen and oxygen atoms in total. The molecule has 0 saturated heterocycles. The van der Waals surface area contributed by atoms with E-state index in [1.165, 1.54) is 9.36 Å². The van der Waals surface area contributed by atoms with Crippen LogP contribution in [0.2, 0.25) is 10.3 Å². The summed E-state index contributed by atoms with van der Waals surface area (Å²) in [6.07, 6.45) is 10.5. The minimum atomic E-state index is -1.08. The van der Waals surface area contributed by atoms with E-state index in [0.717, 1.165) is 50.7 Å². The van der Waals surface area contributed by atoms with Crippen LogP contribution >= 0.6 is 23.2 Å². The zero-order valence-electron chi connectivity index (χ0n) is 23.9. The van der Waals surface area contributed by atoms with E-state index >= 15 is 0 Å². The number of terminal acetylenes is 1. The van der Waals surface area contributed by atoms with Crippen molar-refractivity contribution in [2.24, 2.45) is 0 Å². The molecule has 4 aromatic rings. The number of halogens is 6. The Balaban J connectivity index is 0.000000179. The number of ether oxygens (including phenoxy) is 1. The van der Waals surface area contributed by atoms with Crippen LogP contribution in [0, 0.1) is 35.6 Å². The summed E-state index contributed by atoms with van der Waals surface area (Å²) in [4.78, 5) is 25.1. The monoisotopic (exact) mass is 666 g/mol. The van der Waals surface area contributed by atoms with Crippen molar-refractivity contribution in [3.63, 3.8) is 0 Å². The highest BCUT2D eigenvalue weighted by atomic mass is 35.5. The standard InChI is InChI=1S/C17H15ClF2N2O2.C14H13ClF2N2O2/c1-2-8-24-14-9-11(12(19)10-13(14)20)15-16(18)21-6-4-3-5-7-22(21)17(15)23;15-13-12(8-6-11(20)10(17)7-9(8)16)14(21)19-5-3-1-2-4-18(13)19/h1,9-10H,3-8H2;6-7,20H,1-5H2. The number of hydrogen-bond donors (Lipinski definition) is 1. The molecule has 4 heterocycles. The number of phenols is 1. The smallest absolute Gasteiger partial charge is 0.276 e. The van der Waals surface area contributed by atoms with Crippen molar-refractivity contribution in [2.75, 3.05) is 6.61 Å². The summed E-state index contributed by atoms with van der Waals surface area (Å²) in [5.74, 6) is -2.48. The van der Waals surface area contributed by atoms with E-state index in [-0.39, 0.29) is 44.9 Å². The van der Waals surface area contributed by atoms with Gasteiger partial charge in [0.2, 0.25) is 0 Å². The Morgan fingerprint density at radius 1 is 0.689 bits per heavy atom. The van der Waals surface area contributed by atoms with Gasteiger partial charge < -0.3 is 9.84 Å². The number of hydrogen-bond acceptors (Lipinski definition) is 4. The second-order valence-electron chi connectivity index (χ2n) is 10.6. The molecule has 238 valence electrons. The SMILES string of the molecule is C#CCOc1cc(-c2c(Cl)n3n(c2=O)CCCCC3)c(F)cc1F.O=c1c(-c2cc(O)c(F)cc2F)c(Cl)n2n1CCCCC2. The molecule has 0 spiro atoms. The third kappa shape index (κ3) is 6.24. The zero-order chi connectivity index (χ0) is 32.4. The molecular formula is C31H28Cl2F4N4O4. The molecule has 45 heavy (non-hydrogen) atoms. The van der Waals surface area contributed by atoms with Crippen LogP contribution in [0.3, 0.4) is 0 Å². The molecule has 2 aromatic heterocycles. The fourth-order valence-corrected chi connectivity index (χ4v) is 6.26. The van der Waals surface area contributed by atoms with Crippen molar-refractivity contribution >= 4 is 23.2 Å². The fourth-order valence-electron chi connectivity index (χ4n) is 5.54. The molecule has 6 rings (SSSR count). The van der Waals surface area contributed by atoms with Crippen LogP contribution in [0.5, 0.6) is 11.5 Å². The molecule has 0 unspecified atom stereocenters. The first-order chi connectivity index (χ1) is 21.5. The fraction of sp³-hybridized carbons (Fsp3) is 0.355. The van der Waals surface area contributed by atoms with Gasteiger partial charge in [-0.3, -0.25) is 19.0 Å². The van der Waals surface area contributed by atoms with Crippen molar-refractivity contribution in [1.82, 2.24) is 18.7 Å². The number of nitrogens with zero attached hydrogens (tertiary/aromatic N) is 4. The Morgan fingerprint density at radius 2 is 1.13 bits per heavy atom. The summed E-state index contributed by atoms with van der Waals surface area (Å²) in [6, 6.07) is 3.25. The Bertz CT molecular complexity index is 1920. The molecule has 0 fully saturated rings. The number of fused-ring (bicyclic) bond motifs is 2. The molecule has 2 aliphatic rings. The van der Waals surface area contributed by atoms with Gasteiger partial charge in [0.1, 0.15) is 28.5 Å². The lowest BCUT2D eigenvalue weighted by molar-refractivity contribution is 0.347. The first kappa shape index (κ1) is 32.3. The summed E-state index contributed by atoms with van der Waals surface area (Å²) < 4.78 is 66.5. The maximum Gasteiger partial charge on any atom is 0.276 e. The average molecular weight is 667 g/mol. The second kappa shape index (κ2) is 13.5. The van der Waals surface area contributed by atoms with Gasteiger partial charge in [-0.1, -0.05) is 29.1 Å². The van der Waals surface area contributed by atoms with Crippen molar-refractivity contribution in [3.05, 3.63) is 78.5 Å². The Kier molecular flexibility index (Phi) is 9.70. The predicted molar refractivity (Wildman–Crippen MR) is 162 cm³/mol. The van der Waals surface area contributed by atoms with E-state index in [1.54, 1.807) is 9.36 Å². The van der Waals surface area contributed by atoms with E-state index < -0.39 is 40.1 Å². The normalized spacial score (nSPS) is 14.3. The minimum absolute atomic E-state index is 0.0154. The number of phenolic OH excluding ortho intramolecular Hbond substituents is 1. The van der Waals surface area contributed by atoms with Crippen LogP contribution in [0.15, 0.2) is 33.9 Å². The molecule has 2 aromatic carbocycles. The van der Waals surface area contributed by atoms with Crippen LogP contribution in [-0.2, 0) is 26.2 Å². The van der Waals surface area contributed by atoms with Gasteiger partial charge >= 0.3 is 0 Å². The van der Waals surface area contributed by atoms with Crippen LogP contribution in [-0.4, -0.2) is 30.4 Å². The van der Waals surface area contributed by atoms with Crippen molar-refractivity contribution in [2.45, 2.75) is 64.7 Å². The molecule has 0 amide bonds. The Labute approximate surface area is 264 Å². The number of rotatable bonds is 4. The average Bonchev–Trinajstić information content (AvgIpc) is 3.24. The van der Waals surface area contributed by atoms with Gasteiger partial charge in [0, 0.05) is 49.4 Å². The van der Waals surface area contributed by atoms with Crippen molar-refractivity contribution < 1.29 is 27.4 Å². The highest BCUT2D eigenvalue weighted by Crippen LogP contribution is 2.34. The van der Waals surface area contributed by atoms with Gasteiger partial charge in [-0.15, -0.1) is 6.42 Å². The molecule has 14 heteroatoms. The van der Waals surface area contributed by atoms with E-state index in [9.17, 15) is 32.3 Å². The third-order valence-corrected chi connectivity index (χ3v) is 8.50.